The summed E-state index contributed by atoms with van der Waals surface area (Å²) in [5, 5.41) is 30.5. The lowest BCUT2D eigenvalue weighted by Crippen LogP contribution is -2.25. The summed E-state index contributed by atoms with van der Waals surface area (Å²) in [4.78, 5) is 36.4. The molecule has 0 radical (unpaired) electrons. The van der Waals surface area contributed by atoms with E-state index in [9.17, 15) is 29.7 Å². The molecule has 1 aliphatic carbocycles. The van der Waals surface area contributed by atoms with Crippen molar-refractivity contribution in [2.75, 3.05) is 13.2 Å². The minimum atomic E-state index is -1.03. The minimum absolute atomic E-state index is 0.0826. The highest BCUT2D eigenvalue weighted by Crippen LogP contribution is 2.34. The number of ether oxygens (including phenoxy) is 2. The fraction of sp³-hybridized carbons (Fsp3) is 0.861. The van der Waals surface area contributed by atoms with E-state index >= 15 is 0 Å². The molecule has 0 unspecified atom stereocenters. The maximum Gasteiger partial charge on any atom is 0.305 e. The third-order valence-electron chi connectivity index (χ3n) is 8.65. The average Bonchev–Trinajstić information content (AvgIpc) is 3.27. The van der Waals surface area contributed by atoms with Crippen LogP contribution in [0.5, 0.6) is 0 Å². The molecule has 0 aromatic rings. The number of ketones is 1. The number of Topliss-reactive ketones (excluding diaryl/α,β-unsaturated/α-hetero) is 1. The molecule has 0 saturated heterocycles. The molecular weight excluding hydrogens is 560 g/mol. The van der Waals surface area contributed by atoms with Gasteiger partial charge in [-0.15, -0.1) is 0 Å². The van der Waals surface area contributed by atoms with Crippen LogP contribution in [0.25, 0.3) is 0 Å². The molecule has 0 aliphatic heterocycles. The number of carbonyl (C=O) groups is 3. The highest BCUT2D eigenvalue weighted by Gasteiger charge is 2.39. The second-order valence-electron chi connectivity index (χ2n) is 12.8. The number of hydrogen-bond acceptors (Lipinski definition) is 8. The molecule has 1 saturated carbocycles. The van der Waals surface area contributed by atoms with Gasteiger partial charge < -0.3 is 24.8 Å². The van der Waals surface area contributed by atoms with Crippen LogP contribution < -0.4 is 0 Å². The van der Waals surface area contributed by atoms with E-state index in [1.54, 1.807) is 6.08 Å². The van der Waals surface area contributed by atoms with E-state index < -0.39 is 24.3 Å². The predicted molar refractivity (Wildman–Crippen MR) is 174 cm³/mol. The van der Waals surface area contributed by atoms with E-state index in [0.29, 0.717) is 25.7 Å². The largest absolute Gasteiger partial charge is 0.463 e. The lowest BCUT2D eigenvalue weighted by molar-refractivity contribution is -0.152. The van der Waals surface area contributed by atoms with Crippen LogP contribution in [-0.4, -0.2) is 64.6 Å². The Labute approximate surface area is 267 Å². The third-order valence-corrected chi connectivity index (χ3v) is 8.65. The average molecular weight is 625 g/mol. The molecule has 1 fully saturated rings. The van der Waals surface area contributed by atoms with E-state index in [2.05, 4.69) is 13.8 Å². The summed E-state index contributed by atoms with van der Waals surface area (Å²) in [6, 6.07) is 0. The van der Waals surface area contributed by atoms with Crippen molar-refractivity contribution < 1.29 is 39.2 Å². The Morgan fingerprint density at radius 1 is 0.750 bits per heavy atom. The Balaban J connectivity index is 2.07. The number of rotatable bonds is 28. The van der Waals surface area contributed by atoms with Crippen LogP contribution in [0.1, 0.15) is 155 Å². The molecular formula is C36H64O8. The highest BCUT2D eigenvalue weighted by molar-refractivity contribution is 5.84. The van der Waals surface area contributed by atoms with Crippen molar-refractivity contribution in [1.82, 2.24) is 0 Å². The zero-order valence-corrected chi connectivity index (χ0v) is 27.9. The molecule has 8 nitrogen and oxygen atoms in total. The first kappa shape index (κ1) is 40.3. The lowest BCUT2D eigenvalue weighted by Gasteiger charge is -2.18. The topological polar surface area (TPSA) is 130 Å². The summed E-state index contributed by atoms with van der Waals surface area (Å²) < 4.78 is 10.2. The van der Waals surface area contributed by atoms with Crippen LogP contribution in [0, 0.1) is 11.8 Å². The number of esters is 2. The molecule has 256 valence electrons. The molecule has 1 rings (SSSR count). The van der Waals surface area contributed by atoms with Crippen LogP contribution in [0.3, 0.4) is 0 Å². The first-order chi connectivity index (χ1) is 21.3. The van der Waals surface area contributed by atoms with Gasteiger partial charge in [0.2, 0.25) is 0 Å². The number of unbranched alkanes of at least 4 members (excludes halogenated alkanes) is 14. The van der Waals surface area contributed by atoms with E-state index in [1.807, 2.05) is 6.08 Å². The molecule has 0 heterocycles. The first-order valence-corrected chi connectivity index (χ1v) is 17.8. The molecule has 44 heavy (non-hydrogen) atoms. The van der Waals surface area contributed by atoms with Crippen molar-refractivity contribution in [3.63, 3.8) is 0 Å². The van der Waals surface area contributed by atoms with Gasteiger partial charge in [-0.3, -0.25) is 14.4 Å². The Bertz CT molecular complexity index is 782. The molecule has 5 atom stereocenters. The number of carbonyl (C=O) groups excluding carboxylic acids is 3. The summed E-state index contributed by atoms with van der Waals surface area (Å²) >= 11 is 0. The standard InChI is InChI=1S/C36H64O8/c1-3-5-7-8-9-10-11-12-13-18-22-35(41)43-27-30(38)28-44-36(42)23-19-15-14-17-21-31-32(34(40)26-33(31)39)25-24-29(37)20-16-6-4-2/h24-25,29-32,34,37-38,40H,3-23,26-28H2,1-2H3/b25-24+/t29-,30-,31+,32+,34+/m0/s1. The van der Waals surface area contributed by atoms with Crippen LogP contribution in [0.15, 0.2) is 12.2 Å². The zero-order valence-electron chi connectivity index (χ0n) is 27.9. The summed E-state index contributed by atoms with van der Waals surface area (Å²) in [5.74, 6) is -1.11. The molecule has 0 spiro atoms. The molecule has 0 aromatic carbocycles. The van der Waals surface area contributed by atoms with Gasteiger partial charge in [-0.25, -0.2) is 0 Å². The van der Waals surface area contributed by atoms with Gasteiger partial charge in [0.1, 0.15) is 25.1 Å². The van der Waals surface area contributed by atoms with Crippen LogP contribution >= 0.6 is 0 Å². The van der Waals surface area contributed by atoms with Crippen molar-refractivity contribution >= 4 is 17.7 Å². The van der Waals surface area contributed by atoms with E-state index in [-0.39, 0.29) is 49.6 Å². The van der Waals surface area contributed by atoms with Crippen LogP contribution in [0.4, 0.5) is 0 Å². The van der Waals surface area contributed by atoms with Gasteiger partial charge in [-0.2, -0.15) is 0 Å². The van der Waals surface area contributed by atoms with E-state index in [1.165, 1.54) is 44.9 Å². The Kier molecular flexibility index (Phi) is 24.2. The third kappa shape index (κ3) is 20.3. The second kappa shape index (κ2) is 26.4. The smallest absolute Gasteiger partial charge is 0.305 e. The monoisotopic (exact) mass is 624 g/mol. The maximum absolute atomic E-state index is 12.4. The highest BCUT2D eigenvalue weighted by atomic mass is 16.6. The van der Waals surface area contributed by atoms with Crippen molar-refractivity contribution in [3.05, 3.63) is 12.2 Å². The molecule has 0 amide bonds. The molecule has 8 heteroatoms. The molecule has 0 bridgehead atoms. The molecule has 0 aromatic heterocycles. The Hall–Kier alpha value is -1.77. The van der Waals surface area contributed by atoms with Gasteiger partial charge in [0.05, 0.1) is 12.2 Å². The van der Waals surface area contributed by atoms with E-state index in [0.717, 1.165) is 57.8 Å². The fourth-order valence-corrected chi connectivity index (χ4v) is 5.86. The minimum Gasteiger partial charge on any atom is -0.463 e. The maximum atomic E-state index is 12.4. The molecule has 3 N–H and O–H groups in total. The van der Waals surface area contributed by atoms with Crippen molar-refractivity contribution in [2.45, 2.75) is 173 Å². The first-order valence-electron chi connectivity index (χ1n) is 17.8. The van der Waals surface area contributed by atoms with Crippen LogP contribution in [-0.2, 0) is 23.9 Å². The van der Waals surface area contributed by atoms with Gasteiger partial charge in [0.15, 0.2) is 0 Å². The summed E-state index contributed by atoms with van der Waals surface area (Å²) in [7, 11) is 0. The second-order valence-corrected chi connectivity index (χ2v) is 12.8. The lowest BCUT2D eigenvalue weighted by atomic mass is 9.88. The van der Waals surface area contributed by atoms with Gasteiger partial charge in [0.25, 0.3) is 0 Å². The molecule has 1 aliphatic rings. The summed E-state index contributed by atoms with van der Waals surface area (Å²) in [6.07, 6.45) is 21.7. The Morgan fingerprint density at radius 3 is 1.77 bits per heavy atom. The van der Waals surface area contributed by atoms with Gasteiger partial charge in [0, 0.05) is 31.1 Å². The summed E-state index contributed by atoms with van der Waals surface area (Å²) in [5.41, 5.74) is 0. The van der Waals surface area contributed by atoms with Crippen molar-refractivity contribution in [3.8, 4) is 0 Å². The van der Waals surface area contributed by atoms with Gasteiger partial charge in [-0.05, 0) is 25.7 Å². The Morgan fingerprint density at radius 2 is 1.23 bits per heavy atom. The zero-order chi connectivity index (χ0) is 32.4. The normalized spacial score (nSPS) is 19.8. The van der Waals surface area contributed by atoms with Gasteiger partial charge in [-0.1, -0.05) is 122 Å². The van der Waals surface area contributed by atoms with Crippen molar-refractivity contribution in [1.29, 1.82) is 0 Å². The number of hydrogen-bond donors (Lipinski definition) is 3. The quantitative estimate of drug-likeness (QED) is 0.0475. The van der Waals surface area contributed by atoms with Crippen LogP contribution in [0.2, 0.25) is 0 Å². The van der Waals surface area contributed by atoms with Crippen molar-refractivity contribution in [2.24, 2.45) is 11.8 Å². The number of aliphatic hydroxyl groups excluding tert-OH is 3. The summed E-state index contributed by atoms with van der Waals surface area (Å²) in [6.45, 7) is 3.97. The fourth-order valence-electron chi connectivity index (χ4n) is 5.86. The van der Waals surface area contributed by atoms with Gasteiger partial charge >= 0.3 is 11.9 Å². The SMILES string of the molecule is CCCCCCCCCCCCC(=O)OC[C@H](O)COC(=O)CCCCCC[C@H]1C(=O)C[C@@H](O)[C@@H]1/C=C/[C@@H](O)CCCCC. The predicted octanol–water partition coefficient (Wildman–Crippen LogP) is 7.15. The van der Waals surface area contributed by atoms with E-state index in [4.69, 9.17) is 9.47 Å². The number of aliphatic hydroxyl groups is 3.